The highest BCUT2D eigenvalue weighted by Crippen LogP contribution is 2.30. The predicted octanol–water partition coefficient (Wildman–Crippen LogP) is 4.09. The van der Waals surface area contributed by atoms with Crippen LogP contribution in [0.2, 0.25) is 5.02 Å². The van der Waals surface area contributed by atoms with Gasteiger partial charge in [-0.05, 0) is 56.3 Å². The van der Waals surface area contributed by atoms with Crippen molar-refractivity contribution in [2.75, 3.05) is 22.7 Å². The number of benzene rings is 2. The monoisotopic (exact) mass is 457 g/mol. The normalized spacial score (nSPS) is 20.8. The Balaban J connectivity index is 1.87. The third kappa shape index (κ3) is 4.52. The van der Waals surface area contributed by atoms with E-state index in [1.165, 1.54) is 0 Å². The van der Waals surface area contributed by atoms with Crippen LogP contribution in [-0.2, 0) is 10.0 Å². The molecule has 2 aromatic carbocycles. The summed E-state index contributed by atoms with van der Waals surface area (Å²) in [6, 6.07) is 12.6. The van der Waals surface area contributed by atoms with Crippen molar-refractivity contribution in [1.29, 1.82) is 0 Å². The Hall–Kier alpha value is -1.28. The lowest BCUT2D eigenvalue weighted by Crippen LogP contribution is -2.54. The Kier molecular flexibility index (Phi) is 5.81. The van der Waals surface area contributed by atoms with Gasteiger partial charge < -0.3 is 10.2 Å². The van der Waals surface area contributed by atoms with Gasteiger partial charge in [0.1, 0.15) is 0 Å². The molecule has 2 unspecified atom stereocenters. The highest BCUT2D eigenvalue weighted by molar-refractivity contribution is 9.10. The molecule has 5 nitrogen and oxygen atoms in total. The molecule has 2 aromatic rings. The maximum atomic E-state index is 12.6. The molecule has 0 aliphatic carbocycles. The first-order chi connectivity index (χ1) is 12.2. The highest BCUT2D eigenvalue weighted by atomic mass is 79.9. The minimum absolute atomic E-state index is 0.187. The van der Waals surface area contributed by atoms with Gasteiger partial charge in [0, 0.05) is 35.3 Å². The molecular formula is C18H21BrClN3O2S. The van der Waals surface area contributed by atoms with Gasteiger partial charge in [-0.25, -0.2) is 8.42 Å². The zero-order valence-electron chi connectivity index (χ0n) is 14.5. The lowest BCUT2D eigenvalue weighted by atomic mass is 10.1. The third-order valence-electron chi connectivity index (χ3n) is 4.24. The molecule has 0 radical (unpaired) electrons. The second kappa shape index (κ2) is 7.76. The van der Waals surface area contributed by atoms with Crippen molar-refractivity contribution >= 4 is 48.9 Å². The second-order valence-corrected chi connectivity index (χ2v) is 9.60. The molecule has 2 atom stereocenters. The summed E-state index contributed by atoms with van der Waals surface area (Å²) in [5.41, 5.74) is 1.33. The minimum Gasteiger partial charge on any atom is -0.368 e. The van der Waals surface area contributed by atoms with Crippen LogP contribution < -0.4 is 14.9 Å². The molecule has 1 heterocycles. The molecule has 1 aliphatic rings. The molecule has 3 rings (SSSR count). The largest absolute Gasteiger partial charge is 0.368 e. The van der Waals surface area contributed by atoms with Crippen LogP contribution in [-0.4, -0.2) is 33.6 Å². The molecule has 0 bridgehead atoms. The van der Waals surface area contributed by atoms with E-state index in [0.29, 0.717) is 22.8 Å². The van der Waals surface area contributed by atoms with Crippen LogP contribution in [0.1, 0.15) is 13.8 Å². The van der Waals surface area contributed by atoms with Gasteiger partial charge in [-0.1, -0.05) is 27.5 Å². The molecule has 0 aromatic heterocycles. The molecule has 0 saturated carbocycles. The quantitative estimate of drug-likeness (QED) is 0.724. The van der Waals surface area contributed by atoms with Gasteiger partial charge in [-0.3, -0.25) is 4.72 Å². The number of anilines is 2. The third-order valence-corrected chi connectivity index (χ3v) is 6.48. The molecule has 0 spiro atoms. The van der Waals surface area contributed by atoms with Crippen LogP contribution in [0.3, 0.4) is 0 Å². The van der Waals surface area contributed by atoms with E-state index in [0.717, 1.165) is 23.2 Å². The van der Waals surface area contributed by atoms with Crippen molar-refractivity contribution in [3.8, 4) is 0 Å². The van der Waals surface area contributed by atoms with Crippen molar-refractivity contribution in [2.24, 2.45) is 0 Å². The van der Waals surface area contributed by atoms with Crippen molar-refractivity contribution in [1.82, 2.24) is 5.32 Å². The van der Waals surface area contributed by atoms with Crippen molar-refractivity contribution in [3.63, 3.8) is 0 Å². The Morgan fingerprint density at radius 3 is 2.35 bits per heavy atom. The van der Waals surface area contributed by atoms with Gasteiger partial charge in [0.05, 0.1) is 15.6 Å². The number of nitrogens with zero attached hydrogens (tertiary/aromatic N) is 1. The number of halogens is 2. The van der Waals surface area contributed by atoms with E-state index < -0.39 is 10.0 Å². The summed E-state index contributed by atoms with van der Waals surface area (Å²) in [6.45, 7) is 5.97. The summed E-state index contributed by atoms with van der Waals surface area (Å²) in [5, 5.41) is 3.85. The average Bonchev–Trinajstić information content (AvgIpc) is 2.56. The second-order valence-electron chi connectivity index (χ2n) is 6.60. The van der Waals surface area contributed by atoms with Gasteiger partial charge in [0.25, 0.3) is 10.0 Å². The van der Waals surface area contributed by atoms with Crippen molar-refractivity contribution < 1.29 is 8.42 Å². The van der Waals surface area contributed by atoms with Crippen LogP contribution >= 0.6 is 27.5 Å². The van der Waals surface area contributed by atoms with Crippen LogP contribution in [0.4, 0.5) is 11.4 Å². The number of hydrogen-bond donors (Lipinski definition) is 2. The average molecular weight is 459 g/mol. The zero-order chi connectivity index (χ0) is 18.9. The van der Waals surface area contributed by atoms with E-state index in [-0.39, 0.29) is 4.90 Å². The summed E-state index contributed by atoms with van der Waals surface area (Å²) in [4.78, 5) is 2.42. The van der Waals surface area contributed by atoms with Gasteiger partial charge >= 0.3 is 0 Å². The van der Waals surface area contributed by atoms with Gasteiger partial charge in [-0.2, -0.15) is 0 Å². The molecule has 1 aliphatic heterocycles. The van der Waals surface area contributed by atoms with Crippen LogP contribution in [0.25, 0.3) is 0 Å². The molecule has 8 heteroatoms. The first-order valence-corrected chi connectivity index (χ1v) is 11.0. The van der Waals surface area contributed by atoms with Gasteiger partial charge in [-0.15, -0.1) is 0 Å². The minimum atomic E-state index is -3.71. The lowest BCUT2D eigenvalue weighted by molar-refractivity contribution is 0.407. The van der Waals surface area contributed by atoms with Crippen LogP contribution in [0, 0.1) is 0 Å². The molecular weight excluding hydrogens is 438 g/mol. The molecule has 1 saturated heterocycles. The fourth-order valence-corrected chi connectivity index (χ4v) is 4.70. The van der Waals surface area contributed by atoms with E-state index in [1.807, 2.05) is 6.07 Å². The molecule has 0 amide bonds. The SMILES string of the molecule is CC1CN(c2ccc(Cl)c(NS(=O)(=O)c3ccc(Br)cc3)c2)CC(C)N1. The Bertz CT molecular complexity index is 880. The Morgan fingerprint density at radius 1 is 1.12 bits per heavy atom. The van der Waals surface area contributed by atoms with E-state index in [9.17, 15) is 8.42 Å². The van der Waals surface area contributed by atoms with Gasteiger partial charge in [0.15, 0.2) is 0 Å². The first kappa shape index (κ1) is 19.5. The van der Waals surface area contributed by atoms with Crippen LogP contribution in [0.15, 0.2) is 51.8 Å². The molecule has 1 fully saturated rings. The smallest absolute Gasteiger partial charge is 0.261 e. The lowest BCUT2D eigenvalue weighted by Gasteiger charge is -2.37. The standard InChI is InChI=1S/C18H21BrClN3O2S/c1-12-10-23(11-13(2)21-12)15-5-8-17(20)18(9-15)22-26(24,25)16-6-3-14(19)4-7-16/h3-9,12-13,21-22H,10-11H2,1-2H3. The number of sulfonamides is 1. The topological polar surface area (TPSA) is 61.4 Å². The number of piperazine rings is 1. The number of nitrogens with one attached hydrogen (secondary N) is 2. The molecule has 26 heavy (non-hydrogen) atoms. The summed E-state index contributed by atoms with van der Waals surface area (Å²) in [6.07, 6.45) is 0. The first-order valence-electron chi connectivity index (χ1n) is 8.33. The Labute approximate surface area is 167 Å². The van der Waals surface area contributed by atoms with E-state index in [2.05, 4.69) is 44.7 Å². The number of hydrogen-bond acceptors (Lipinski definition) is 4. The summed E-state index contributed by atoms with van der Waals surface area (Å²) >= 11 is 9.55. The summed E-state index contributed by atoms with van der Waals surface area (Å²) < 4.78 is 28.7. The maximum Gasteiger partial charge on any atom is 0.261 e. The predicted molar refractivity (Wildman–Crippen MR) is 111 cm³/mol. The Morgan fingerprint density at radius 2 is 1.73 bits per heavy atom. The maximum absolute atomic E-state index is 12.6. The van der Waals surface area contributed by atoms with E-state index in [1.54, 1.807) is 36.4 Å². The van der Waals surface area contributed by atoms with Crippen molar-refractivity contribution in [2.45, 2.75) is 30.8 Å². The fraction of sp³-hybridized carbons (Fsp3) is 0.333. The zero-order valence-corrected chi connectivity index (χ0v) is 17.7. The van der Waals surface area contributed by atoms with Crippen LogP contribution in [0.5, 0.6) is 0 Å². The summed E-state index contributed by atoms with van der Waals surface area (Å²) in [7, 11) is -3.71. The molecule has 2 N–H and O–H groups in total. The number of rotatable bonds is 4. The van der Waals surface area contributed by atoms with Crippen molar-refractivity contribution in [3.05, 3.63) is 52.0 Å². The highest BCUT2D eigenvalue weighted by Gasteiger charge is 2.22. The molecule has 140 valence electrons. The van der Waals surface area contributed by atoms with E-state index in [4.69, 9.17) is 11.6 Å². The summed E-state index contributed by atoms with van der Waals surface area (Å²) in [5.74, 6) is 0. The van der Waals surface area contributed by atoms with Gasteiger partial charge in [0.2, 0.25) is 0 Å². The van der Waals surface area contributed by atoms with E-state index >= 15 is 0 Å². The fourth-order valence-electron chi connectivity index (χ4n) is 3.14.